The topological polar surface area (TPSA) is 693 Å². The van der Waals surface area contributed by atoms with Crippen LogP contribution >= 0.6 is 44.2 Å². The summed E-state index contributed by atoms with van der Waals surface area (Å²) in [4.78, 5) is 232. The summed E-state index contributed by atoms with van der Waals surface area (Å²) in [5, 5.41) is 102. The Bertz CT molecular complexity index is 4010. The van der Waals surface area contributed by atoms with Crippen LogP contribution in [0, 0.1) is 14.9 Å². The Morgan fingerprint density at radius 2 is 1.28 bits per heavy atom. The molecule has 2 aromatic carbocycles. The average Bonchev–Trinajstić information content (AvgIpc) is 1.56. The summed E-state index contributed by atoms with van der Waals surface area (Å²) in [5.74, 6) is -25.4. The molecule has 3 aromatic rings. The average molecular weight is 1720 g/mol. The van der Waals surface area contributed by atoms with Gasteiger partial charge in [-0.05, 0) is 123 Å². The maximum atomic E-state index is 15.7. The number of guanidine groups is 1. The van der Waals surface area contributed by atoms with Crippen molar-refractivity contribution in [3.8, 4) is 11.5 Å². The number of hydrogen-bond donors (Lipinski definition) is 23. The smallest absolute Gasteiger partial charge is 0.326 e. The highest BCUT2D eigenvalue weighted by Gasteiger charge is 2.54. The zero-order valence-electron chi connectivity index (χ0n) is 60.3. The first-order valence-corrected chi connectivity index (χ1v) is 39.0. The Balaban J connectivity index is 1.48. The second-order valence-corrected chi connectivity index (χ2v) is 30.5. The van der Waals surface area contributed by atoms with Crippen LogP contribution in [-0.2, 0) is 91.3 Å². The summed E-state index contributed by atoms with van der Waals surface area (Å²) >= 11 is 1.79. The van der Waals surface area contributed by atoms with E-state index >= 15 is 38.4 Å². The highest BCUT2D eigenvalue weighted by Crippen LogP contribution is 2.35. The van der Waals surface area contributed by atoms with Gasteiger partial charge >= 0.3 is 18.0 Å². The van der Waals surface area contributed by atoms with Gasteiger partial charge in [0.1, 0.15) is 84.0 Å². The molecule has 1 aromatic heterocycles. The quantitative estimate of drug-likeness (QED) is 0.0146. The first-order chi connectivity index (χ1) is 53.1. The number of aliphatic hydroxyl groups excluding tert-OH is 1. The van der Waals surface area contributed by atoms with Crippen LogP contribution in [-0.4, -0.2) is 262 Å². The van der Waals surface area contributed by atoms with E-state index in [0.717, 1.165) is 44.3 Å². The first kappa shape index (κ1) is 88.3. The zero-order chi connectivity index (χ0) is 82.2. The third-order valence-electron chi connectivity index (χ3n) is 18.5. The molecule has 4 aliphatic heterocycles. The maximum absolute atomic E-state index is 15.7. The third kappa shape index (κ3) is 25.6. The normalized spacial score (nSPS) is 25.4. The van der Waals surface area contributed by atoms with Crippen molar-refractivity contribution in [2.75, 3.05) is 37.7 Å². The van der Waals surface area contributed by atoms with Crippen molar-refractivity contribution in [3.05, 3.63) is 69.1 Å². The number of rotatable bonds is 22. The number of carbonyl (C=O) groups excluding carboxylic acids is 14. The maximum Gasteiger partial charge on any atom is 0.326 e. The third-order valence-corrected chi connectivity index (χ3v) is 21.8. The Morgan fingerprint density at radius 1 is 0.679 bits per heavy atom. The predicted molar refractivity (Wildman–Crippen MR) is 403 cm³/mol. The molecule has 5 unspecified atom stereocenters. The number of phenols is 2. The number of benzene rings is 2. The second kappa shape index (κ2) is 42.0. The van der Waals surface area contributed by atoms with Gasteiger partial charge in [0.15, 0.2) is 5.96 Å². The summed E-state index contributed by atoms with van der Waals surface area (Å²) in [5.41, 5.74) is 22.3. The summed E-state index contributed by atoms with van der Waals surface area (Å²) in [6.07, 6.45) is -4.77. The number of fused-ring (bicyclic) bond motifs is 11. The van der Waals surface area contributed by atoms with Gasteiger partial charge in [-0.3, -0.25) is 77.2 Å². The number of aromatic nitrogens is 3. The number of aliphatic carboxylic acids is 2. The Morgan fingerprint density at radius 3 is 1.91 bits per heavy atom. The summed E-state index contributed by atoms with van der Waals surface area (Å²) in [6.45, 7) is -0.754. The number of amides is 15. The summed E-state index contributed by atoms with van der Waals surface area (Å²) in [7, 11) is 1.51. The minimum Gasteiger partial charge on any atom is -0.508 e. The van der Waals surface area contributed by atoms with Gasteiger partial charge in [-0.15, -0.1) is 5.10 Å². The number of carboxylic acid groups (broad SMARTS) is 2. The number of hydrogen-bond acceptors (Lipinski definition) is 25. The lowest BCUT2D eigenvalue weighted by atomic mass is 9.78. The minimum absolute atomic E-state index is 0.0123. The van der Waals surface area contributed by atoms with Crippen LogP contribution < -0.4 is 92.1 Å². The van der Waals surface area contributed by atoms with Crippen molar-refractivity contribution in [1.29, 1.82) is 5.41 Å². The molecular formula is C66H91IN22O21S2. The van der Waals surface area contributed by atoms with Gasteiger partial charge < -0.3 is 122 Å². The molecule has 3 fully saturated rings. The van der Waals surface area contributed by atoms with Crippen molar-refractivity contribution in [1.82, 2.24) is 89.0 Å². The SMILES string of the molecule is C[C@@H](O)[C@@H]1NC(=O)[C@H]2NC(=O)C(NC(=O)CN)CSSC[C@@H]3NC(=O)[C@H](CCCNC(=N)N)NC(=O)[C@@H]4CCCN4C(=O)[C@@H](NC1=O)C(C(=O)O)C2c1cn(nn1)CCCC(C(=O)N[C@@H](Cc1ccc(O)cc1)C(=O)O)NC(=O)[C@H](CCC(N)=O)NC(=O)C(Cc1ccc(O)c(I)c1)NC(=O)[C@H](CCCNC(N)=O)NC3=O. The Labute approximate surface area is 660 Å². The fourth-order valence-corrected chi connectivity index (χ4v) is 15.6. The highest BCUT2D eigenvalue weighted by atomic mass is 127. The molecule has 610 valence electrons. The fourth-order valence-electron chi connectivity index (χ4n) is 12.7. The van der Waals surface area contributed by atoms with Crippen molar-refractivity contribution >= 4 is 145 Å². The van der Waals surface area contributed by atoms with Crippen molar-refractivity contribution in [3.63, 3.8) is 0 Å². The van der Waals surface area contributed by atoms with Crippen LogP contribution in [0.4, 0.5) is 4.79 Å². The van der Waals surface area contributed by atoms with Gasteiger partial charge in [-0.25, -0.2) is 9.59 Å². The Kier molecular flexibility index (Phi) is 33.1. The van der Waals surface area contributed by atoms with E-state index in [4.69, 9.17) is 28.3 Å². The molecule has 0 aliphatic carbocycles. The molecule has 27 N–H and O–H groups in total. The molecule has 3 saturated heterocycles. The molecule has 46 heteroatoms. The van der Waals surface area contributed by atoms with Gasteiger partial charge in [0.25, 0.3) is 0 Å². The zero-order valence-corrected chi connectivity index (χ0v) is 64.1. The van der Waals surface area contributed by atoms with Crippen LogP contribution in [0.3, 0.4) is 0 Å². The molecule has 15 amide bonds. The van der Waals surface area contributed by atoms with Crippen LogP contribution in [0.2, 0.25) is 0 Å². The second-order valence-electron chi connectivity index (χ2n) is 26.8. The number of aryl methyl sites for hydroxylation is 1. The van der Waals surface area contributed by atoms with Gasteiger partial charge in [-0.1, -0.05) is 45.0 Å². The van der Waals surface area contributed by atoms with Crippen LogP contribution in [0.15, 0.2) is 48.7 Å². The summed E-state index contributed by atoms with van der Waals surface area (Å²) in [6, 6.07) is -14.2. The number of aromatic hydroxyl groups is 2. The number of phenolic OH excluding ortho intramolecular Hbond substituents is 2. The standard InChI is InChI=1S/C66H91IN22O21S2/c1-29(90)49-60(103)85-51-48(64(108)109)47-40-26-88(87-86-40)20-4-8-36(53(96)81-39(63(106)107)23-30-10-13-32(91)14-11-30)76-55(98)37(15-17-45(69)93)78-56(99)38(24-31-12-16-44(92)33(67)22-31)80-52(95)34(7-3-19-74-66(72)110)77-57(100)42(28-112-111-27-41(75-46(94)25-68)58(101)84-50(47)61(104)83-49)82-54(97)35(6-2-18-73-65(70)71)79-59(102)43-9-5-21-89(43)62(51)105/h10-14,16,22,26,29,34-39,41-43,47-51,90-92H,2-9,15,17-21,23-25,27-28,68H2,1H3,(H2,69,93)(H,75,94)(H,76,98)(H,77,100)(H,78,99)(H,79,102)(H,80,95)(H,81,96)(H,82,97)(H,83,104)(H,84,101)(H,85,103)(H,106,107)(H,108,109)(H4,70,71,73)(H3,72,74,110)/t29-,34+,35+,36?,37+,38?,39+,41?,42+,43+,47?,48?,49+,50+,51+/m1/s1. The Hall–Kier alpha value is -10.9. The van der Waals surface area contributed by atoms with E-state index in [1.54, 1.807) is 22.6 Å². The van der Waals surface area contributed by atoms with E-state index < -0.39 is 260 Å². The molecule has 15 atom stereocenters. The molecule has 0 saturated carbocycles. The van der Waals surface area contributed by atoms with Gasteiger partial charge in [0, 0.05) is 69.1 Å². The van der Waals surface area contributed by atoms with Crippen molar-refractivity contribution < 1.29 is 102 Å². The number of nitrogens with one attached hydrogen (secondary N) is 14. The molecule has 0 radical (unpaired) electrons. The lowest BCUT2D eigenvalue weighted by Crippen LogP contribution is -2.62. The molecule has 43 nitrogen and oxygen atoms in total. The van der Waals surface area contributed by atoms with Crippen LogP contribution in [0.5, 0.6) is 11.5 Å². The van der Waals surface area contributed by atoms with Gasteiger partial charge in [0.2, 0.25) is 76.8 Å². The molecule has 112 heavy (non-hydrogen) atoms. The lowest BCUT2D eigenvalue weighted by Gasteiger charge is -2.36. The monoisotopic (exact) mass is 1720 g/mol. The molecule has 7 rings (SSSR count). The van der Waals surface area contributed by atoms with E-state index in [9.17, 15) is 63.9 Å². The lowest BCUT2D eigenvalue weighted by molar-refractivity contribution is -0.152. The van der Waals surface area contributed by atoms with E-state index in [1.165, 1.54) is 42.5 Å². The van der Waals surface area contributed by atoms with E-state index in [0.29, 0.717) is 5.56 Å². The van der Waals surface area contributed by atoms with Crippen molar-refractivity contribution in [2.24, 2.45) is 28.9 Å². The number of primary amides is 2. The van der Waals surface area contributed by atoms with Crippen molar-refractivity contribution in [2.45, 2.75) is 175 Å². The number of halogens is 1. The van der Waals surface area contributed by atoms with E-state index in [1.807, 2.05) is 0 Å². The summed E-state index contributed by atoms with van der Waals surface area (Å²) < 4.78 is 1.30. The molecular weight excluding hydrogens is 1630 g/mol. The fraction of sp³-hybridized carbons (Fsp3) is 0.530. The largest absolute Gasteiger partial charge is 0.508 e. The highest BCUT2D eigenvalue weighted by molar-refractivity contribution is 14.1. The minimum atomic E-state index is -2.46. The predicted octanol–water partition coefficient (Wildman–Crippen LogP) is -7.51. The molecule has 6 bridgehead atoms. The number of urea groups is 1. The molecule has 0 spiro atoms. The van der Waals surface area contributed by atoms with E-state index in [-0.39, 0.29) is 78.8 Å². The van der Waals surface area contributed by atoms with Crippen LogP contribution in [0.1, 0.15) is 93.9 Å². The van der Waals surface area contributed by atoms with E-state index in [2.05, 4.69) is 79.4 Å². The molecule has 5 heterocycles. The number of nitrogens with two attached hydrogens (primary N) is 4. The molecule has 4 aliphatic rings. The first-order valence-electron chi connectivity index (χ1n) is 35.4. The van der Waals surface area contributed by atoms with Gasteiger partial charge in [-0.2, -0.15) is 0 Å². The van der Waals surface area contributed by atoms with Gasteiger partial charge in [0.05, 0.1) is 27.8 Å². The van der Waals surface area contributed by atoms with Crippen LogP contribution in [0.25, 0.3) is 0 Å². The number of aliphatic hydroxyl groups is 1. The number of nitrogens with zero attached hydrogens (tertiary/aromatic N) is 4. The number of carboxylic acids is 2. The number of carbonyl (C=O) groups is 16.